The van der Waals surface area contributed by atoms with Crippen molar-refractivity contribution in [1.82, 2.24) is 14.9 Å². The van der Waals surface area contributed by atoms with E-state index >= 15 is 0 Å². The van der Waals surface area contributed by atoms with Gasteiger partial charge in [0.2, 0.25) is 0 Å². The molecule has 9 nitrogen and oxygen atoms in total. The van der Waals surface area contributed by atoms with Crippen molar-refractivity contribution in [3.8, 4) is 34.2 Å². The highest BCUT2D eigenvalue weighted by Crippen LogP contribution is 2.44. The van der Waals surface area contributed by atoms with Gasteiger partial charge in [-0.3, -0.25) is 9.59 Å². The predicted molar refractivity (Wildman–Crippen MR) is 153 cm³/mol. The van der Waals surface area contributed by atoms with Gasteiger partial charge in [-0.15, -0.1) is 0 Å². The Morgan fingerprint density at radius 1 is 1.14 bits per heavy atom. The van der Waals surface area contributed by atoms with E-state index in [2.05, 4.69) is 22.8 Å². The second kappa shape index (κ2) is 11.9. The van der Waals surface area contributed by atoms with Crippen LogP contribution >= 0.6 is 11.6 Å². The molecule has 220 valence electrons. The van der Waals surface area contributed by atoms with Gasteiger partial charge in [-0.1, -0.05) is 42.3 Å². The number of nitrogens with one attached hydrogen (secondary N) is 2. The average molecular weight is 614 g/mol. The number of benzene rings is 2. The Bertz CT molecular complexity index is 1870. The number of hydrogen-bond donors (Lipinski definition) is 4. The number of amides is 2. The zero-order valence-corrected chi connectivity index (χ0v) is 22.8. The maximum Gasteiger partial charge on any atom is 0.405 e. The number of alkyl halides is 3. The van der Waals surface area contributed by atoms with Crippen LogP contribution in [0.5, 0.6) is 0 Å². The summed E-state index contributed by atoms with van der Waals surface area (Å²) >= 11 is 6.37. The number of nitrogens with zero attached hydrogens (tertiary/aromatic N) is 2. The van der Waals surface area contributed by atoms with Crippen LogP contribution in [0.1, 0.15) is 15.9 Å². The summed E-state index contributed by atoms with van der Waals surface area (Å²) < 4.78 is 52.7. The van der Waals surface area contributed by atoms with Gasteiger partial charge in [-0.2, -0.15) is 13.2 Å². The lowest BCUT2D eigenvalue weighted by Gasteiger charge is -2.13. The predicted octanol–water partition coefficient (Wildman–Crippen LogP) is 5.29. The number of carboxylic acid groups (broad SMARTS) is 1. The molecule has 4 aromatic rings. The Balaban J connectivity index is 1.94. The van der Waals surface area contributed by atoms with Crippen molar-refractivity contribution in [2.45, 2.75) is 6.18 Å². The minimum atomic E-state index is -4.62. The van der Waals surface area contributed by atoms with E-state index in [4.69, 9.17) is 22.4 Å². The number of rotatable bonds is 6. The van der Waals surface area contributed by atoms with Crippen LogP contribution in [0.4, 0.5) is 29.1 Å². The fraction of sp³-hybridized carbons (Fsp3) is 0.103. The van der Waals surface area contributed by atoms with E-state index in [1.807, 2.05) is 5.92 Å². The van der Waals surface area contributed by atoms with Crippen molar-refractivity contribution in [1.29, 1.82) is 0 Å². The number of halogens is 5. The average Bonchev–Trinajstić information content (AvgIpc) is 3.25. The summed E-state index contributed by atoms with van der Waals surface area (Å²) in [5, 5.41) is 13.4. The number of nitrogens with two attached hydrogens (primary N) is 1. The first-order valence-corrected chi connectivity index (χ1v) is 12.5. The van der Waals surface area contributed by atoms with Gasteiger partial charge in [0.15, 0.2) is 5.83 Å². The van der Waals surface area contributed by atoms with Crippen molar-refractivity contribution in [3.05, 3.63) is 77.2 Å². The minimum Gasteiger partial charge on any atom is -0.472 e. The van der Waals surface area contributed by atoms with Gasteiger partial charge in [-0.05, 0) is 35.4 Å². The topological polar surface area (TPSA) is 139 Å². The van der Waals surface area contributed by atoms with Crippen molar-refractivity contribution in [2.24, 2.45) is 7.05 Å². The number of hydrogen-bond acceptors (Lipinski definition) is 5. The Morgan fingerprint density at radius 2 is 1.79 bits per heavy atom. The lowest BCUT2D eigenvalue weighted by Crippen LogP contribution is -2.33. The molecule has 0 atom stereocenters. The number of pyridine rings is 1. The van der Waals surface area contributed by atoms with Crippen molar-refractivity contribution in [2.75, 3.05) is 17.6 Å². The first-order valence-electron chi connectivity index (χ1n) is 12.1. The fourth-order valence-electron chi connectivity index (χ4n) is 4.38. The van der Waals surface area contributed by atoms with Crippen LogP contribution < -0.4 is 16.4 Å². The van der Waals surface area contributed by atoms with Crippen molar-refractivity contribution < 1.29 is 37.1 Å². The molecule has 0 spiro atoms. The fourth-order valence-corrected chi connectivity index (χ4v) is 4.65. The third-order valence-electron chi connectivity index (χ3n) is 6.16. The molecule has 4 rings (SSSR count). The summed E-state index contributed by atoms with van der Waals surface area (Å²) in [5.41, 5.74) is 8.84. The van der Waals surface area contributed by atoms with Crippen LogP contribution in [-0.2, 0) is 16.6 Å². The van der Waals surface area contributed by atoms with E-state index in [9.17, 15) is 31.9 Å². The molecule has 0 aliphatic heterocycles. The molecule has 2 aromatic carbocycles. The highest BCUT2D eigenvalue weighted by atomic mass is 35.5. The number of fused-ring (bicyclic) bond motifs is 1. The number of carboxylic acids is 1. The lowest BCUT2D eigenvalue weighted by atomic mass is 9.96. The molecule has 2 amide bonds. The number of aromatic nitrogens is 2. The Morgan fingerprint density at radius 3 is 2.37 bits per heavy atom. The summed E-state index contributed by atoms with van der Waals surface area (Å²) in [5.74, 6) is 0.0318. The van der Waals surface area contributed by atoms with E-state index < -0.39 is 36.3 Å². The molecule has 2 aromatic heterocycles. The molecular weight excluding hydrogens is 594 g/mol. The highest BCUT2D eigenvalue weighted by molar-refractivity contribution is 6.34. The molecule has 0 aliphatic carbocycles. The molecule has 14 heteroatoms. The zero-order valence-electron chi connectivity index (χ0n) is 22.1. The van der Waals surface area contributed by atoms with Crippen LogP contribution in [0.3, 0.4) is 0 Å². The molecular formula is C29H20ClF4N5O4. The van der Waals surface area contributed by atoms with Gasteiger partial charge >= 0.3 is 12.1 Å². The first-order chi connectivity index (χ1) is 20.2. The van der Waals surface area contributed by atoms with Gasteiger partial charge in [0.1, 0.15) is 12.4 Å². The number of carbonyl (C=O) groups excluding carboxylic acids is 2. The number of aliphatic carboxylic acids is 1. The molecule has 5 N–H and O–H groups in total. The molecule has 2 heterocycles. The maximum absolute atomic E-state index is 13.2. The number of anilines is 2. The van der Waals surface area contributed by atoms with Crippen molar-refractivity contribution >= 4 is 51.8 Å². The molecule has 0 fully saturated rings. The summed E-state index contributed by atoms with van der Waals surface area (Å²) in [6.07, 6.45) is -3.31. The largest absolute Gasteiger partial charge is 0.472 e. The van der Waals surface area contributed by atoms with Gasteiger partial charge in [-0.25, -0.2) is 14.2 Å². The Kier molecular flexibility index (Phi) is 8.45. The number of nitrogen functional groups attached to an aromatic ring is 1. The Hall–Kier alpha value is -5.35. The van der Waals surface area contributed by atoms with Gasteiger partial charge in [0.05, 0.1) is 32.7 Å². The first kappa shape index (κ1) is 30.6. The molecule has 43 heavy (non-hydrogen) atoms. The van der Waals surface area contributed by atoms with E-state index in [1.165, 1.54) is 36.5 Å². The van der Waals surface area contributed by atoms with Crippen LogP contribution in [0.25, 0.3) is 33.3 Å². The molecule has 0 saturated heterocycles. The Labute approximate surface area is 246 Å². The maximum atomic E-state index is 13.2. The van der Waals surface area contributed by atoms with Crippen LogP contribution in [-0.4, -0.2) is 45.2 Å². The molecule has 0 unspecified atom stereocenters. The monoisotopic (exact) mass is 613 g/mol. The molecule has 0 radical (unpaired) electrons. The van der Waals surface area contributed by atoms with Gasteiger partial charge < -0.3 is 26.0 Å². The van der Waals surface area contributed by atoms with E-state index in [-0.39, 0.29) is 27.7 Å². The second-order valence-electron chi connectivity index (χ2n) is 9.05. The second-order valence-corrected chi connectivity index (χ2v) is 9.45. The third kappa shape index (κ3) is 6.60. The van der Waals surface area contributed by atoms with Gasteiger partial charge in [0, 0.05) is 30.4 Å². The minimum absolute atomic E-state index is 0.0428. The van der Waals surface area contributed by atoms with Crippen LogP contribution in [0.2, 0.25) is 5.02 Å². The molecule has 0 aliphatic rings. The standard InChI is InChI=1S/C29H20ClF4N5O4/c1-14(31)27(42)38-18-7-3-15(4-8-18)24-22(16-5-9-19(20(30)11-16)28(43)37-13-29(32,33)34)23-25(39(24)2)17(6-10-21(40)41)12-36-26(23)35/h3-5,7-9,11-12H,1,13H2,2H3,(H2,35,36)(H,37,43)(H,38,42)(H,40,41). The summed E-state index contributed by atoms with van der Waals surface area (Å²) in [7, 11) is 1.66. The van der Waals surface area contributed by atoms with Crippen LogP contribution in [0, 0.1) is 11.8 Å². The quantitative estimate of drug-likeness (QED) is 0.132. The third-order valence-corrected chi connectivity index (χ3v) is 6.47. The SMILES string of the molecule is C=C(F)C(=O)Nc1ccc(-c2c(-c3ccc(C(=O)NCC(F)(F)F)c(Cl)c3)c3c(N)ncc(C#CC(=O)O)c3n2C)cc1. The lowest BCUT2D eigenvalue weighted by molar-refractivity contribution is -0.130. The van der Waals surface area contributed by atoms with Crippen LogP contribution in [0.15, 0.2) is 61.1 Å². The van der Waals surface area contributed by atoms with Crippen molar-refractivity contribution in [3.63, 3.8) is 0 Å². The van der Waals surface area contributed by atoms with Gasteiger partial charge in [0.25, 0.3) is 11.8 Å². The zero-order chi connectivity index (χ0) is 31.6. The normalized spacial score (nSPS) is 11.0. The van der Waals surface area contributed by atoms with E-state index in [0.717, 1.165) is 0 Å². The highest BCUT2D eigenvalue weighted by Gasteiger charge is 2.29. The smallest absolute Gasteiger partial charge is 0.405 e. The summed E-state index contributed by atoms with van der Waals surface area (Å²) in [6, 6.07) is 10.3. The van der Waals surface area contributed by atoms with E-state index in [1.54, 1.807) is 29.1 Å². The number of aryl methyl sites for hydroxylation is 1. The number of carbonyl (C=O) groups is 3. The summed E-state index contributed by atoms with van der Waals surface area (Å²) in [6.45, 7) is 1.41. The molecule has 0 saturated carbocycles. The molecule has 0 bridgehead atoms. The van der Waals surface area contributed by atoms with E-state index in [0.29, 0.717) is 33.3 Å². The summed E-state index contributed by atoms with van der Waals surface area (Å²) in [4.78, 5) is 39.4.